The van der Waals surface area contributed by atoms with E-state index in [0.717, 1.165) is 17.7 Å². The minimum Gasteiger partial charge on any atom is -0.486 e. The molecule has 0 radical (unpaired) electrons. The molecule has 0 spiro atoms. The van der Waals surface area contributed by atoms with Gasteiger partial charge >= 0.3 is 5.97 Å². The first-order chi connectivity index (χ1) is 9.08. The van der Waals surface area contributed by atoms with Crippen LogP contribution in [0.4, 0.5) is 4.39 Å². The van der Waals surface area contributed by atoms with E-state index < -0.39 is 11.8 Å². The fourth-order valence-corrected chi connectivity index (χ4v) is 1.61. The first-order valence-corrected chi connectivity index (χ1v) is 5.64. The second kappa shape index (κ2) is 5.48. The number of carboxylic acids is 1. The predicted octanol–water partition coefficient (Wildman–Crippen LogP) is 2.81. The average Bonchev–Trinajstić information content (AvgIpc) is 2.37. The van der Waals surface area contributed by atoms with E-state index in [1.54, 1.807) is 12.3 Å². The van der Waals surface area contributed by atoms with E-state index >= 15 is 0 Å². The van der Waals surface area contributed by atoms with Gasteiger partial charge in [0, 0.05) is 12.3 Å². The molecule has 0 saturated heterocycles. The molecule has 0 saturated carbocycles. The fraction of sp³-hybridized carbons (Fsp3) is 0.143. The van der Waals surface area contributed by atoms with Crippen LogP contribution in [0.2, 0.25) is 0 Å². The number of rotatable bonds is 4. The molecule has 98 valence electrons. The Labute approximate surface area is 109 Å². The highest BCUT2D eigenvalue weighted by Gasteiger charge is 2.13. The zero-order valence-electron chi connectivity index (χ0n) is 10.3. The highest BCUT2D eigenvalue weighted by atomic mass is 19.1. The summed E-state index contributed by atoms with van der Waals surface area (Å²) >= 11 is 0. The Morgan fingerprint density at radius 1 is 1.42 bits per heavy atom. The molecule has 1 heterocycles. The van der Waals surface area contributed by atoms with Crippen LogP contribution in [-0.2, 0) is 6.61 Å². The lowest BCUT2D eigenvalue weighted by Gasteiger charge is -2.10. The van der Waals surface area contributed by atoms with Gasteiger partial charge in [-0.3, -0.25) is 4.98 Å². The molecular formula is C14H12FNO3. The van der Waals surface area contributed by atoms with Crippen LogP contribution < -0.4 is 4.74 Å². The van der Waals surface area contributed by atoms with Gasteiger partial charge in [0.05, 0.1) is 5.69 Å². The van der Waals surface area contributed by atoms with Crippen molar-refractivity contribution in [1.29, 1.82) is 0 Å². The number of aromatic carboxylic acids is 1. The van der Waals surface area contributed by atoms with Crippen molar-refractivity contribution in [2.24, 2.45) is 0 Å². The Balaban J connectivity index is 2.22. The van der Waals surface area contributed by atoms with Gasteiger partial charge in [-0.2, -0.15) is 0 Å². The zero-order chi connectivity index (χ0) is 13.8. The topological polar surface area (TPSA) is 59.4 Å². The van der Waals surface area contributed by atoms with Crippen molar-refractivity contribution >= 4 is 5.97 Å². The minimum absolute atomic E-state index is 0.00227. The molecule has 19 heavy (non-hydrogen) atoms. The summed E-state index contributed by atoms with van der Waals surface area (Å²) in [5, 5.41) is 8.99. The average molecular weight is 261 g/mol. The van der Waals surface area contributed by atoms with E-state index in [9.17, 15) is 9.18 Å². The second-order valence-corrected chi connectivity index (χ2v) is 4.00. The van der Waals surface area contributed by atoms with Gasteiger partial charge in [-0.25, -0.2) is 9.18 Å². The highest BCUT2D eigenvalue weighted by molar-refractivity contribution is 5.90. The lowest BCUT2D eigenvalue weighted by Crippen LogP contribution is -2.05. The van der Waals surface area contributed by atoms with Gasteiger partial charge < -0.3 is 9.84 Å². The van der Waals surface area contributed by atoms with Crippen LogP contribution in [0.25, 0.3) is 0 Å². The van der Waals surface area contributed by atoms with Crippen molar-refractivity contribution in [2.45, 2.75) is 13.5 Å². The van der Waals surface area contributed by atoms with Crippen molar-refractivity contribution in [3.05, 3.63) is 59.2 Å². The van der Waals surface area contributed by atoms with Crippen molar-refractivity contribution in [3.8, 4) is 5.75 Å². The molecule has 0 bridgehead atoms. The zero-order valence-corrected chi connectivity index (χ0v) is 10.3. The van der Waals surface area contributed by atoms with Gasteiger partial charge in [0.25, 0.3) is 0 Å². The Morgan fingerprint density at radius 3 is 2.89 bits per heavy atom. The molecule has 1 aromatic heterocycles. The number of halogens is 1. The molecular weight excluding hydrogens is 249 g/mol. The van der Waals surface area contributed by atoms with Gasteiger partial charge in [0.1, 0.15) is 23.7 Å². The molecule has 0 amide bonds. The van der Waals surface area contributed by atoms with Gasteiger partial charge in [-0.05, 0) is 30.7 Å². The highest BCUT2D eigenvalue weighted by Crippen LogP contribution is 2.21. The number of benzene rings is 1. The molecule has 0 fully saturated rings. The van der Waals surface area contributed by atoms with E-state index in [1.807, 2.05) is 13.0 Å². The molecule has 0 aliphatic rings. The number of aryl methyl sites for hydroxylation is 1. The van der Waals surface area contributed by atoms with Crippen molar-refractivity contribution < 1.29 is 19.0 Å². The van der Waals surface area contributed by atoms with Crippen LogP contribution in [0.3, 0.4) is 0 Å². The van der Waals surface area contributed by atoms with Crippen LogP contribution in [0.1, 0.15) is 21.6 Å². The Bertz CT molecular complexity index is 613. The molecule has 2 rings (SSSR count). The van der Waals surface area contributed by atoms with Crippen molar-refractivity contribution in [2.75, 3.05) is 0 Å². The lowest BCUT2D eigenvalue weighted by atomic mass is 10.2. The number of carbonyl (C=O) groups is 1. The molecule has 0 aliphatic carbocycles. The summed E-state index contributed by atoms with van der Waals surface area (Å²) in [5.74, 6) is -1.71. The number of hydrogen-bond acceptors (Lipinski definition) is 3. The molecule has 0 unspecified atom stereocenters. The number of pyridine rings is 1. The van der Waals surface area contributed by atoms with Crippen molar-refractivity contribution in [1.82, 2.24) is 4.98 Å². The van der Waals surface area contributed by atoms with E-state index in [2.05, 4.69) is 4.98 Å². The summed E-state index contributed by atoms with van der Waals surface area (Å²) in [6.07, 6.45) is 1.62. The number of aromatic nitrogens is 1. The monoisotopic (exact) mass is 261 g/mol. The summed E-state index contributed by atoms with van der Waals surface area (Å²) in [6.45, 7) is 1.96. The largest absolute Gasteiger partial charge is 0.486 e. The maximum atomic E-state index is 13.1. The third kappa shape index (κ3) is 3.07. The maximum absolute atomic E-state index is 13.1. The Hall–Kier alpha value is -2.43. The van der Waals surface area contributed by atoms with Crippen molar-refractivity contribution in [3.63, 3.8) is 0 Å². The van der Waals surface area contributed by atoms with E-state index in [4.69, 9.17) is 9.84 Å². The van der Waals surface area contributed by atoms with Crippen LogP contribution in [0.15, 0.2) is 36.5 Å². The van der Waals surface area contributed by atoms with Crippen LogP contribution in [-0.4, -0.2) is 16.1 Å². The molecule has 0 aliphatic heterocycles. The predicted molar refractivity (Wildman–Crippen MR) is 66.7 cm³/mol. The van der Waals surface area contributed by atoms with E-state index in [0.29, 0.717) is 5.69 Å². The SMILES string of the molecule is Cc1cccnc1COc1cc(F)ccc1C(=O)O. The smallest absolute Gasteiger partial charge is 0.339 e. The normalized spacial score (nSPS) is 10.2. The molecule has 0 atom stereocenters. The lowest BCUT2D eigenvalue weighted by molar-refractivity contribution is 0.0691. The summed E-state index contributed by atoms with van der Waals surface area (Å²) in [6, 6.07) is 6.99. The maximum Gasteiger partial charge on any atom is 0.339 e. The fourth-order valence-electron chi connectivity index (χ4n) is 1.61. The molecule has 4 nitrogen and oxygen atoms in total. The first kappa shape index (κ1) is 13.0. The second-order valence-electron chi connectivity index (χ2n) is 4.00. The van der Waals surface area contributed by atoms with Gasteiger partial charge in [0.15, 0.2) is 0 Å². The van der Waals surface area contributed by atoms with Gasteiger partial charge in [0.2, 0.25) is 0 Å². The van der Waals surface area contributed by atoms with E-state index in [-0.39, 0.29) is 17.9 Å². The van der Waals surface area contributed by atoms with Crippen LogP contribution in [0.5, 0.6) is 5.75 Å². The summed E-state index contributed by atoms with van der Waals surface area (Å²) in [5.41, 5.74) is 1.54. The van der Waals surface area contributed by atoms with Crippen LogP contribution >= 0.6 is 0 Å². The first-order valence-electron chi connectivity index (χ1n) is 5.64. The summed E-state index contributed by atoms with van der Waals surface area (Å²) < 4.78 is 18.5. The van der Waals surface area contributed by atoms with Gasteiger partial charge in [-0.1, -0.05) is 6.07 Å². The third-order valence-electron chi connectivity index (χ3n) is 2.66. The standard InChI is InChI=1S/C14H12FNO3/c1-9-3-2-6-16-12(9)8-19-13-7-10(15)4-5-11(13)14(17)18/h2-7H,8H2,1H3,(H,17,18). The summed E-state index contributed by atoms with van der Waals surface area (Å²) in [7, 11) is 0. The number of nitrogens with zero attached hydrogens (tertiary/aromatic N) is 1. The number of ether oxygens (including phenoxy) is 1. The van der Waals surface area contributed by atoms with Gasteiger partial charge in [-0.15, -0.1) is 0 Å². The molecule has 2 aromatic rings. The third-order valence-corrected chi connectivity index (χ3v) is 2.66. The molecule has 5 heteroatoms. The van der Waals surface area contributed by atoms with E-state index in [1.165, 1.54) is 6.07 Å². The molecule has 1 N–H and O–H groups in total. The van der Waals surface area contributed by atoms with Crippen LogP contribution in [0, 0.1) is 12.7 Å². The summed E-state index contributed by atoms with van der Waals surface area (Å²) in [4.78, 5) is 15.1. The minimum atomic E-state index is -1.16. The Morgan fingerprint density at radius 2 is 2.21 bits per heavy atom. The number of hydrogen-bond donors (Lipinski definition) is 1. The molecule has 1 aromatic carbocycles. The Kier molecular flexibility index (Phi) is 3.75. The number of carboxylic acid groups (broad SMARTS) is 1. The quantitative estimate of drug-likeness (QED) is 0.919.